The molecule has 5 heteroatoms. The van der Waals surface area contributed by atoms with Gasteiger partial charge in [-0.2, -0.15) is 4.98 Å². The minimum atomic E-state index is -0.399. The van der Waals surface area contributed by atoms with E-state index >= 15 is 0 Å². The zero-order valence-electron chi connectivity index (χ0n) is 10.2. The van der Waals surface area contributed by atoms with Crippen LogP contribution in [0.15, 0.2) is 29.0 Å². The number of pyridine rings is 1. The van der Waals surface area contributed by atoms with Crippen molar-refractivity contribution in [2.24, 2.45) is 5.73 Å². The molecule has 5 nitrogen and oxygen atoms in total. The number of hydrogen-bond acceptors (Lipinski definition) is 5. The summed E-state index contributed by atoms with van der Waals surface area (Å²) in [5.74, 6) is 1.08. The van der Waals surface area contributed by atoms with E-state index in [0.29, 0.717) is 11.7 Å². The second-order valence-corrected chi connectivity index (χ2v) is 4.97. The zero-order chi connectivity index (χ0) is 12.5. The molecule has 2 N–H and O–H groups in total. The normalized spacial score (nSPS) is 13.6. The maximum atomic E-state index is 6.05. The van der Waals surface area contributed by atoms with E-state index < -0.39 is 6.04 Å². The van der Waals surface area contributed by atoms with Gasteiger partial charge in [0.05, 0.1) is 6.04 Å². The summed E-state index contributed by atoms with van der Waals surface area (Å²) in [6.45, 7) is 6.04. The Hall–Kier alpha value is -1.75. The molecule has 0 aromatic carbocycles. The molecule has 2 aromatic rings. The van der Waals surface area contributed by atoms with E-state index in [1.54, 1.807) is 12.4 Å². The summed E-state index contributed by atoms with van der Waals surface area (Å²) in [7, 11) is 0. The van der Waals surface area contributed by atoms with Crippen molar-refractivity contribution in [2.75, 3.05) is 0 Å². The van der Waals surface area contributed by atoms with Crippen LogP contribution in [0.3, 0.4) is 0 Å². The van der Waals surface area contributed by atoms with Gasteiger partial charge in [-0.1, -0.05) is 32.0 Å². The lowest BCUT2D eigenvalue weighted by Gasteiger charge is -2.10. The van der Waals surface area contributed by atoms with Crippen LogP contribution in [0.25, 0.3) is 0 Å². The summed E-state index contributed by atoms with van der Waals surface area (Å²) < 4.78 is 5.21. The van der Waals surface area contributed by atoms with Crippen LogP contribution in [-0.4, -0.2) is 15.1 Å². The highest BCUT2D eigenvalue weighted by atomic mass is 16.5. The molecule has 0 bridgehead atoms. The average Bonchev–Trinajstić information content (AvgIpc) is 2.78. The molecule has 0 spiro atoms. The quantitative estimate of drug-likeness (QED) is 0.854. The molecule has 0 saturated heterocycles. The fraction of sp³-hybridized carbons (Fsp3) is 0.417. The topological polar surface area (TPSA) is 77.8 Å². The van der Waals surface area contributed by atoms with E-state index in [1.807, 2.05) is 32.9 Å². The molecule has 17 heavy (non-hydrogen) atoms. The number of rotatable bonds is 2. The van der Waals surface area contributed by atoms with E-state index in [2.05, 4.69) is 15.1 Å². The minimum absolute atomic E-state index is 0.167. The van der Waals surface area contributed by atoms with Gasteiger partial charge in [0.15, 0.2) is 5.82 Å². The SMILES string of the molecule is CC(C)(C)c1nc(C(N)c2cccnc2)no1. The van der Waals surface area contributed by atoms with Crippen LogP contribution in [0.4, 0.5) is 0 Å². The molecule has 0 aliphatic heterocycles. The van der Waals surface area contributed by atoms with Crippen molar-refractivity contribution in [3.63, 3.8) is 0 Å². The van der Waals surface area contributed by atoms with Crippen molar-refractivity contribution in [1.29, 1.82) is 0 Å². The van der Waals surface area contributed by atoms with E-state index in [1.165, 1.54) is 0 Å². The Morgan fingerprint density at radius 3 is 2.65 bits per heavy atom. The third-order valence-electron chi connectivity index (χ3n) is 2.41. The summed E-state index contributed by atoms with van der Waals surface area (Å²) in [6.07, 6.45) is 3.41. The standard InChI is InChI=1S/C12H16N4O/c1-12(2,3)11-15-10(16-17-11)9(13)8-5-4-6-14-7-8/h4-7,9H,13H2,1-3H3. The predicted octanol–water partition coefficient (Wildman–Crippen LogP) is 1.81. The van der Waals surface area contributed by atoms with Crippen molar-refractivity contribution >= 4 is 0 Å². The first-order valence-electron chi connectivity index (χ1n) is 5.48. The van der Waals surface area contributed by atoms with Gasteiger partial charge >= 0.3 is 0 Å². The molecular formula is C12H16N4O. The molecule has 0 radical (unpaired) electrons. The fourth-order valence-electron chi connectivity index (χ4n) is 1.37. The summed E-state index contributed by atoms with van der Waals surface area (Å²) in [6, 6.07) is 3.33. The molecule has 1 atom stereocenters. The first-order valence-corrected chi connectivity index (χ1v) is 5.48. The molecular weight excluding hydrogens is 216 g/mol. The van der Waals surface area contributed by atoms with Crippen LogP contribution in [0.2, 0.25) is 0 Å². The minimum Gasteiger partial charge on any atom is -0.339 e. The molecule has 1 unspecified atom stereocenters. The van der Waals surface area contributed by atoms with Crippen molar-refractivity contribution in [1.82, 2.24) is 15.1 Å². The summed E-state index contributed by atoms with van der Waals surface area (Å²) in [5, 5.41) is 3.92. The van der Waals surface area contributed by atoms with Crippen LogP contribution < -0.4 is 5.73 Å². The highest BCUT2D eigenvalue weighted by Gasteiger charge is 2.24. The Bertz CT molecular complexity index is 487. The van der Waals surface area contributed by atoms with Crippen LogP contribution in [0.5, 0.6) is 0 Å². The zero-order valence-corrected chi connectivity index (χ0v) is 10.2. The summed E-state index contributed by atoms with van der Waals surface area (Å²) in [5.41, 5.74) is 6.75. The van der Waals surface area contributed by atoms with E-state index in [-0.39, 0.29) is 5.41 Å². The number of nitrogens with zero attached hydrogens (tertiary/aromatic N) is 3. The van der Waals surface area contributed by atoms with E-state index in [4.69, 9.17) is 10.3 Å². The van der Waals surface area contributed by atoms with E-state index in [9.17, 15) is 0 Å². The van der Waals surface area contributed by atoms with Crippen LogP contribution in [-0.2, 0) is 5.41 Å². The number of nitrogens with two attached hydrogens (primary N) is 1. The van der Waals surface area contributed by atoms with Crippen LogP contribution in [0.1, 0.15) is 44.1 Å². The lowest BCUT2D eigenvalue weighted by molar-refractivity contribution is 0.317. The molecule has 2 aromatic heterocycles. The molecule has 0 aliphatic carbocycles. The maximum Gasteiger partial charge on any atom is 0.232 e. The highest BCUT2D eigenvalue weighted by molar-refractivity contribution is 5.20. The van der Waals surface area contributed by atoms with Crippen molar-refractivity contribution in [3.8, 4) is 0 Å². The average molecular weight is 232 g/mol. The summed E-state index contributed by atoms with van der Waals surface area (Å²) >= 11 is 0. The lowest BCUT2D eigenvalue weighted by Crippen LogP contribution is -2.15. The largest absolute Gasteiger partial charge is 0.339 e. The number of aromatic nitrogens is 3. The van der Waals surface area contributed by atoms with Gasteiger partial charge in [0, 0.05) is 17.8 Å². The first kappa shape index (κ1) is 11.7. The van der Waals surface area contributed by atoms with Gasteiger partial charge in [0.1, 0.15) is 0 Å². The Balaban J connectivity index is 2.27. The molecule has 0 amide bonds. The van der Waals surface area contributed by atoms with Crippen LogP contribution in [0, 0.1) is 0 Å². The first-order chi connectivity index (χ1) is 7.98. The third-order valence-corrected chi connectivity index (χ3v) is 2.41. The second kappa shape index (κ2) is 4.25. The Morgan fingerprint density at radius 1 is 1.35 bits per heavy atom. The molecule has 0 saturated carbocycles. The maximum absolute atomic E-state index is 6.05. The lowest BCUT2D eigenvalue weighted by atomic mass is 9.97. The van der Waals surface area contributed by atoms with Gasteiger partial charge in [-0.15, -0.1) is 0 Å². The monoisotopic (exact) mass is 232 g/mol. The molecule has 2 heterocycles. The van der Waals surface area contributed by atoms with Crippen molar-refractivity contribution in [2.45, 2.75) is 32.2 Å². The Kier molecular flexibility index (Phi) is 2.93. The third kappa shape index (κ3) is 2.50. The van der Waals surface area contributed by atoms with Gasteiger partial charge in [-0.25, -0.2) is 0 Å². The molecule has 0 fully saturated rings. The fourth-order valence-corrected chi connectivity index (χ4v) is 1.37. The van der Waals surface area contributed by atoms with E-state index in [0.717, 1.165) is 5.56 Å². The molecule has 0 aliphatic rings. The smallest absolute Gasteiger partial charge is 0.232 e. The van der Waals surface area contributed by atoms with Gasteiger partial charge in [-0.3, -0.25) is 4.98 Å². The van der Waals surface area contributed by atoms with Crippen LogP contribution >= 0.6 is 0 Å². The van der Waals surface area contributed by atoms with Gasteiger partial charge in [-0.05, 0) is 11.6 Å². The Morgan fingerprint density at radius 2 is 2.12 bits per heavy atom. The second-order valence-electron chi connectivity index (χ2n) is 4.97. The van der Waals surface area contributed by atoms with Gasteiger partial charge < -0.3 is 10.3 Å². The van der Waals surface area contributed by atoms with Gasteiger partial charge in [0.25, 0.3) is 0 Å². The van der Waals surface area contributed by atoms with Crippen molar-refractivity contribution in [3.05, 3.63) is 41.8 Å². The molecule has 2 rings (SSSR count). The van der Waals surface area contributed by atoms with Crippen molar-refractivity contribution < 1.29 is 4.52 Å². The Labute approximate surface area is 100 Å². The predicted molar refractivity (Wildman–Crippen MR) is 63.3 cm³/mol. The summed E-state index contributed by atoms with van der Waals surface area (Å²) in [4.78, 5) is 8.35. The highest BCUT2D eigenvalue weighted by Crippen LogP contribution is 2.22. The molecule has 90 valence electrons. The van der Waals surface area contributed by atoms with Gasteiger partial charge in [0.2, 0.25) is 5.89 Å². The number of hydrogen-bond donors (Lipinski definition) is 1.